The fraction of sp³-hybridized carbons (Fsp3) is 0.526. The number of aryl methyl sites for hydroxylation is 1. The van der Waals surface area contributed by atoms with E-state index in [-0.39, 0.29) is 18.3 Å². The van der Waals surface area contributed by atoms with Crippen molar-refractivity contribution in [3.05, 3.63) is 35.6 Å². The van der Waals surface area contributed by atoms with Gasteiger partial charge in [-0.2, -0.15) is 0 Å². The highest BCUT2D eigenvalue weighted by atomic mass is 35.5. The highest BCUT2D eigenvalue weighted by molar-refractivity contribution is 5.85. The van der Waals surface area contributed by atoms with E-state index in [0.29, 0.717) is 31.0 Å². The van der Waals surface area contributed by atoms with E-state index in [1.807, 2.05) is 18.2 Å². The molecule has 2 N–H and O–H groups in total. The van der Waals surface area contributed by atoms with Crippen LogP contribution in [0.1, 0.15) is 43.4 Å². The van der Waals surface area contributed by atoms with Gasteiger partial charge in [0.1, 0.15) is 11.3 Å². The molecule has 3 heterocycles. The van der Waals surface area contributed by atoms with Crippen LogP contribution in [0, 0.1) is 12.8 Å². The first-order valence-electron chi connectivity index (χ1n) is 8.69. The van der Waals surface area contributed by atoms with E-state index in [9.17, 15) is 4.79 Å². The number of hydrogen-bond acceptors (Lipinski definition) is 3. The first kappa shape index (κ1) is 17.3. The second-order valence-electron chi connectivity index (χ2n) is 7.10. The average molecular weight is 349 g/mol. The Morgan fingerprint density at radius 2 is 1.96 bits per heavy atom. The van der Waals surface area contributed by atoms with Crippen LogP contribution in [-0.4, -0.2) is 18.0 Å². The highest BCUT2D eigenvalue weighted by Gasteiger charge is 2.34. The van der Waals surface area contributed by atoms with Crippen molar-refractivity contribution in [2.75, 3.05) is 0 Å². The lowest BCUT2D eigenvalue weighted by molar-refractivity contribution is -0.122. The molecule has 24 heavy (non-hydrogen) atoms. The Bertz CT molecular complexity index is 715. The average Bonchev–Trinajstić information content (AvgIpc) is 3.05. The van der Waals surface area contributed by atoms with Crippen molar-refractivity contribution in [3.8, 4) is 0 Å². The van der Waals surface area contributed by atoms with Gasteiger partial charge in [-0.3, -0.25) is 4.79 Å². The third-order valence-corrected chi connectivity index (χ3v) is 5.43. The van der Waals surface area contributed by atoms with Gasteiger partial charge in [-0.05, 0) is 44.6 Å². The Balaban J connectivity index is 0.00000169. The molecular weight excluding hydrogens is 324 g/mol. The maximum atomic E-state index is 12.3. The molecule has 0 radical (unpaired) electrons. The van der Waals surface area contributed by atoms with Gasteiger partial charge in [0.15, 0.2) is 0 Å². The summed E-state index contributed by atoms with van der Waals surface area (Å²) in [6, 6.07) is 9.30. The van der Waals surface area contributed by atoms with Gasteiger partial charge in [0.2, 0.25) is 5.91 Å². The van der Waals surface area contributed by atoms with Gasteiger partial charge >= 0.3 is 0 Å². The summed E-state index contributed by atoms with van der Waals surface area (Å²) in [5, 5.41) is 7.80. The lowest BCUT2D eigenvalue weighted by Gasteiger charge is -2.28. The topological polar surface area (TPSA) is 54.3 Å². The van der Waals surface area contributed by atoms with Crippen molar-refractivity contribution in [3.63, 3.8) is 0 Å². The van der Waals surface area contributed by atoms with Crippen molar-refractivity contribution in [2.24, 2.45) is 5.92 Å². The molecule has 2 fully saturated rings. The molecule has 0 aliphatic carbocycles. The zero-order chi connectivity index (χ0) is 15.8. The van der Waals surface area contributed by atoms with Gasteiger partial charge in [0, 0.05) is 29.5 Å². The summed E-state index contributed by atoms with van der Waals surface area (Å²) in [5.41, 5.74) is 2.02. The van der Waals surface area contributed by atoms with Crippen LogP contribution in [0.15, 0.2) is 28.7 Å². The van der Waals surface area contributed by atoms with Crippen molar-refractivity contribution >= 4 is 29.3 Å². The van der Waals surface area contributed by atoms with Crippen LogP contribution in [0.3, 0.4) is 0 Å². The Labute approximate surface area is 148 Å². The predicted molar refractivity (Wildman–Crippen MR) is 97.3 cm³/mol. The number of benzene rings is 1. The van der Waals surface area contributed by atoms with Crippen molar-refractivity contribution in [1.29, 1.82) is 0 Å². The Hall–Kier alpha value is -1.52. The summed E-state index contributed by atoms with van der Waals surface area (Å²) < 4.78 is 5.86. The fourth-order valence-corrected chi connectivity index (χ4v) is 4.25. The number of furan rings is 1. The Morgan fingerprint density at radius 1 is 1.25 bits per heavy atom. The SMILES string of the molecule is Cc1c(CNC(=O)CC2CC3CCC(C2)N3)oc2ccccc12.Cl. The minimum absolute atomic E-state index is 0. The zero-order valence-electron chi connectivity index (χ0n) is 14.0. The Morgan fingerprint density at radius 3 is 2.67 bits per heavy atom. The molecule has 1 aromatic heterocycles. The second kappa shape index (κ2) is 7.16. The number of halogens is 1. The minimum atomic E-state index is 0. The van der Waals surface area contributed by atoms with Gasteiger partial charge in [0.05, 0.1) is 6.54 Å². The number of piperidine rings is 1. The second-order valence-corrected chi connectivity index (χ2v) is 7.10. The molecule has 2 unspecified atom stereocenters. The maximum absolute atomic E-state index is 12.3. The first-order chi connectivity index (χ1) is 11.2. The summed E-state index contributed by atoms with van der Waals surface area (Å²) in [6.45, 7) is 2.54. The third-order valence-electron chi connectivity index (χ3n) is 5.43. The minimum Gasteiger partial charge on any atom is -0.459 e. The van der Waals surface area contributed by atoms with Gasteiger partial charge in [-0.1, -0.05) is 18.2 Å². The summed E-state index contributed by atoms with van der Waals surface area (Å²) in [7, 11) is 0. The largest absolute Gasteiger partial charge is 0.459 e. The number of nitrogens with one attached hydrogen (secondary N) is 2. The van der Waals surface area contributed by atoms with Gasteiger partial charge in [0.25, 0.3) is 0 Å². The number of hydrogen-bond donors (Lipinski definition) is 2. The standard InChI is InChI=1S/C19H24N2O2.ClH/c1-12-16-4-2-3-5-17(16)23-18(12)11-20-19(22)10-13-8-14-6-7-15(9-13)21-14;/h2-5,13-15,21H,6-11H2,1H3,(H,20,22);1H. The number of carbonyl (C=O) groups excluding carboxylic acids is 1. The van der Waals surface area contributed by atoms with E-state index in [1.54, 1.807) is 0 Å². The molecule has 2 saturated heterocycles. The number of amides is 1. The van der Waals surface area contributed by atoms with Crippen molar-refractivity contribution in [1.82, 2.24) is 10.6 Å². The monoisotopic (exact) mass is 348 g/mol. The maximum Gasteiger partial charge on any atom is 0.220 e. The summed E-state index contributed by atoms with van der Waals surface area (Å²) in [4.78, 5) is 12.3. The molecule has 1 amide bonds. The van der Waals surface area contributed by atoms with Crippen LogP contribution in [0.4, 0.5) is 0 Å². The van der Waals surface area contributed by atoms with E-state index in [0.717, 1.165) is 35.1 Å². The molecule has 130 valence electrons. The molecule has 2 bridgehead atoms. The molecule has 2 aliphatic rings. The van der Waals surface area contributed by atoms with E-state index in [2.05, 4.69) is 23.6 Å². The third kappa shape index (κ3) is 3.45. The fourth-order valence-electron chi connectivity index (χ4n) is 4.25. The normalized spacial score (nSPS) is 25.5. The van der Waals surface area contributed by atoms with E-state index in [4.69, 9.17) is 4.42 Å². The van der Waals surface area contributed by atoms with Crippen molar-refractivity contribution < 1.29 is 9.21 Å². The van der Waals surface area contributed by atoms with Crippen LogP contribution < -0.4 is 10.6 Å². The molecule has 2 atom stereocenters. The number of carbonyl (C=O) groups is 1. The predicted octanol–water partition coefficient (Wildman–Crippen LogP) is 3.70. The lowest BCUT2D eigenvalue weighted by Crippen LogP contribution is -2.39. The van der Waals surface area contributed by atoms with Crippen LogP contribution in [-0.2, 0) is 11.3 Å². The molecule has 1 aromatic carbocycles. The molecular formula is C19H25ClN2O2. The van der Waals surface area contributed by atoms with Gasteiger partial charge < -0.3 is 15.1 Å². The van der Waals surface area contributed by atoms with E-state index in [1.165, 1.54) is 12.8 Å². The van der Waals surface area contributed by atoms with E-state index < -0.39 is 0 Å². The number of rotatable bonds is 4. The van der Waals surface area contributed by atoms with E-state index >= 15 is 0 Å². The number of para-hydroxylation sites is 1. The van der Waals surface area contributed by atoms with Crippen molar-refractivity contribution in [2.45, 2.75) is 57.7 Å². The molecule has 4 nitrogen and oxygen atoms in total. The highest BCUT2D eigenvalue weighted by Crippen LogP contribution is 2.32. The zero-order valence-corrected chi connectivity index (χ0v) is 14.8. The van der Waals surface area contributed by atoms with Crippen LogP contribution >= 0.6 is 12.4 Å². The quantitative estimate of drug-likeness (QED) is 0.885. The smallest absolute Gasteiger partial charge is 0.220 e. The van der Waals surface area contributed by atoms with Crippen LogP contribution in [0.25, 0.3) is 11.0 Å². The molecule has 2 aliphatic heterocycles. The first-order valence-corrected chi connectivity index (χ1v) is 8.69. The summed E-state index contributed by atoms with van der Waals surface area (Å²) in [6.07, 6.45) is 5.50. The van der Waals surface area contributed by atoms with Crippen LogP contribution in [0.5, 0.6) is 0 Å². The van der Waals surface area contributed by atoms with Gasteiger partial charge in [-0.25, -0.2) is 0 Å². The molecule has 0 saturated carbocycles. The summed E-state index contributed by atoms with van der Waals surface area (Å²) >= 11 is 0. The lowest BCUT2D eigenvalue weighted by atomic mass is 9.89. The molecule has 0 spiro atoms. The molecule has 5 heteroatoms. The molecule has 4 rings (SSSR count). The van der Waals surface area contributed by atoms with Crippen LogP contribution in [0.2, 0.25) is 0 Å². The molecule has 2 aromatic rings. The summed E-state index contributed by atoms with van der Waals surface area (Å²) in [5.74, 6) is 1.55. The Kier molecular flexibility index (Phi) is 5.16. The number of fused-ring (bicyclic) bond motifs is 3. The van der Waals surface area contributed by atoms with Gasteiger partial charge in [-0.15, -0.1) is 12.4 Å².